The van der Waals surface area contributed by atoms with Crippen LogP contribution >= 0.6 is 0 Å². The second kappa shape index (κ2) is 6.41. The highest BCUT2D eigenvalue weighted by Crippen LogP contribution is 2.29. The summed E-state index contributed by atoms with van der Waals surface area (Å²) in [7, 11) is 0. The van der Waals surface area contributed by atoms with Gasteiger partial charge < -0.3 is 15.1 Å². The van der Waals surface area contributed by atoms with E-state index < -0.39 is 0 Å². The Labute approximate surface area is 111 Å². The van der Waals surface area contributed by atoms with Gasteiger partial charge in [-0.2, -0.15) is 0 Å². The molecule has 2 fully saturated rings. The highest BCUT2D eigenvalue weighted by molar-refractivity contribution is 5.75. The third-order valence-corrected chi connectivity index (χ3v) is 4.18. The molecule has 1 N–H and O–H groups in total. The van der Waals surface area contributed by atoms with E-state index >= 15 is 0 Å². The average Bonchev–Trinajstić information content (AvgIpc) is 3.23. The summed E-state index contributed by atoms with van der Waals surface area (Å²) >= 11 is 0. The molecular formula is C14H27N3O. The highest BCUT2D eigenvalue weighted by atomic mass is 16.2. The van der Waals surface area contributed by atoms with E-state index in [0.717, 1.165) is 32.7 Å². The van der Waals surface area contributed by atoms with Crippen molar-refractivity contribution in [2.75, 3.05) is 32.7 Å². The second-order valence-electron chi connectivity index (χ2n) is 5.53. The number of piperidine rings is 1. The van der Waals surface area contributed by atoms with Gasteiger partial charge in [-0.15, -0.1) is 0 Å². The van der Waals surface area contributed by atoms with Gasteiger partial charge in [-0.05, 0) is 58.5 Å². The summed E-state index contributed by atoms with van der Waals surface area (Å²) in [5.74, 6) is 0.700. The number of nitrogens with zero attached hydrogens (tertiary/aromatic N) is 2. The standard InChI is InChI=1S/C14H27N3O/c1-3-16(4-2)14(18)17(13-5-6-13)11-12-7-9-15-10-8-12/h12-13,15H,3-11H2,1-2H3. The molecule has 104 valence electrons. The molecular weight excluding hydrogens is 226 g/mol. The molecule has 1 saturated heterocycles. The van der Waals surface area contributed by atoms with Crippen LogP contribution in [0.5, 0.6) is 0 Å². The molecule has 0 spiro atoms. The van der Waals surface area contributed by atoms with Crippen molar-refractivity contribution >= 4 is 6.03 Å². The molecule has 1 aliphatic heterocycles. The summed E-state index contributed by atoms with van der Waals surface area (Å²) in [6.07, 6.45) is 4.85. The first kappa shape index (κ1) is 13.7. The molecule has 0 aromatic carbocycles. The van der Waals surface area contributed by atoms with Crippen LogP contribution in [0.4, 0.5) is 4.79 Å². The molecule has 0 aromatic rings. The van der Waals surface area contributed by atoms with Crippen molar-refractivity contribution in [1.82, 2.24) is 15.1 Å². The van der Waals surface area contributed by atoms with Gasteiger partial charge in [0, 0.05) is 25.7 Å². The maximum absolute atomic E-state index is 12.5. The summed E-state index contributed by atoms with van der Waals surface area (Å²) in [6.45, 7) is 8.98. The minimum atomic E-state index is 0.265. The first-order chi connectivity index (χ1) is 8.76. The molecule has 4 heteroatoms. The van der Waals surface area contributed by atoms with Crippen LogP contribution in [0.25, 0.3) is 0 Å². The number of hydrogen-bond donors (Lipinski definition) is 1. The van der Waals surface area contributed by atoms with Crippen molar-refractivity contribution in [1.29, 1.82) is 0 Å². The van der Waals surface area contributed by atoms with Crippen LogP contribution in [-0.2, 0) is 0 Å². The maximum atomic E-state index is 12.5. The Hall–Kier alpha value is -0.770. The van der Waals surface area contributed by atoms with Gasteiger partial charge in [-0.25, -0.2) is 4.79 Å². The summed E-state index contributed by atoms with van der Waals surface area (Å²) in [6, 6.07) is 0.800. The Morgan fingerprint density at radius 1 is 1.11 bits per heavy atom. The molecule has 1 heterocycles. The predicted molar refractivity (Wildman–Crippen MR) is 73.6 cm³/mol. The van der Waals surface area contributed by atoms with Gasteiger partial charge in [0.2, 0.25) is 0 Å². The quantitative estimate of drug-likeness (QED) is 0.812. The van der Waals surface area contributed by atoms with E-state index in [1.54, 1.807) is 0 Å². The van der Waals surface area contributed by atoms with Crippen LogP contribution in [0.1, 0.15) is 39.5 Å². The molecule has 0 unspecified atom stereocenters. The maximum Gasteiger partial charge on any atom is 0.320 e. The third-order valence-electron chi connectivity index (χ3n) is 4.18. The zero-order chi connectivity index (χ0) is 13.0. The number of amides is 2. The summed E-state index contributed by atoms with van der Waals surface area (Å²) in [5, 5.41) is 3.39. The van der Waals surface area contributed by atoms with Crippen molar-refractivity contribution in [3.63, 3.8) is 0 Å². The van der Waals surface area contributed by atoms with Crippen molar-refractivity contribution in [3.8, 4) is 0 Å². The van der Waals surface area contributed by atoms with E-state index in [-0.39, 0.29) is 6.03 Å². The molecule has 1 aliphatic carbocycles. The zero-order valence-electron chi connectivity index (χ0n) is 11.8. The average molecular weight is 253 g/mol. The fraction of sp³-hybridized carbons (Fsp3) is 0.929. The van der Waals surface area contributed by atoms with Gasteiger partial charge in [0.1, 0.15) is 0 Å². The lowest BCUT2D eigenvalue weighted by molar-refractivity contribution is 0.140. The Kier molecular flexibility index (Phi) is 4.87. The molecule has 2 rings (SSSR count). The van der Waals surface area contributed by atoms with Crippen LogP contribution in [-0.4, -0.2) is 54.6 Å². The predicted octanol–water partition coefficient (Wildman–Crippen LogP) is 1.91. The molecule has 4 nitrogen and oxygen atoms in total. The van der Waals surface area contributed by atoms with E-state index in [2.05, 4.69) is 24.1 Å². The number of hydrogen-bond acceptors (Lipinski definition) is 2. The molecule has 1 saturated carbocycles. The number of urea groups is 1. The minimum Gasteiger partial charge on any atom is -0.325 e. The van der Waals surface area contributed by atoms with Gasteiger partial charge >= 0.3 is 6.03 Å². The van der Waals surface area contributed by atoms with Crippen LogP contribution < -0.4 is 5.32 Å². The van der Waals surface area contributed by atoms with Gasteiger partial charge in [0.25, 0.3) is 0 Å². The fourth-order valence-corrected chi connectivity index (χ4v) is 2.79. The van der Waals surface area contributed by atoms with Gasteiger partial charge in [-0.3, -0.25) is 0 Å². The first-order valence-corrected chi connectivity index (χ1v) is 7.52. The lowest BCUT2D eigenvalue weighted by Gasteiger charge is -2.33. The Bertz CT molecular complexity index is 268. The molecule has 2 aliphatic rings. The highest BCUT2D eigenvalue weighted by Gasteiger charge is 2.35. The molecule has 0 radical (unpaired) electrons. The number of nitrogens with one attached hydrogen (secondary N) is 1. The van der Waals surface area contributed by atoms with Gasteiger partial charge in [0.05, 0.1) is 0 Å². The van der Waals surface area contributed by atoms with Crippen LogP contribution in [0, 0.1) is 5.92 Å². The molecule has 2 amide bonds. The number of carbonyl (C=O) groups excluding carboxylic acids is 1. The third kappa shape index (κ3) is 3.37. The first-order valence-electron chi connectivity index (χ1n) is 7.52. The topological polar surface area (TPSA) is 35.6 Å². The Balaban J connectivity index is 1.92. The van der Waals surface area contributed by atoms with Crippen molar-refractivity contribution < 1.29 is 4.79 Å². The van der Waals surface area contributed by atoms with Crippen molar-refractivity contribution in [2.24, 2.45) is 5.92 Å². The monoisotopic (exact) mass is 253 g/mol. The summed E-state index contributed by atoms with van der Waals surface area (Å²) in [5.41, 5.74) is 0. The smallest absolute Gasteiger partial charge is 0.320 e. The van der Waals surface area contributed by atoms with Gasteiger partial charge in [-0.1, -0.05) is 0 Å². The van der Waals surface area contributed by atoms with E-state index in [1.807, 2.05) is 4.90 Å². The number of rotatable bonds is 5. The lowest BCUT2D eigenvalue weighted by atomic mass is 9.97. The van der Waals surface area contributed by atoms with E-state index in [4.69, 9.17) is 0 Å². The SMILES string of the molecule is CCN(CC)C(=O)N(CC1CCNCC1)C1CC1. The fourth-order valence-electron chi connectivity index (χ4n) is 2.79. The lowest BCUT2D eigenvalue weighted by Crippen LogP contribution is -2.47. The Morgan fingerprint density at radius 2 is 1.72 bits per heavy atom. The molecule has 0 aromatic heterocycles. The minimum absolute atomic E-state index is 0.265. The summed E-state index contributed by atoms with van der Waals surface area (Å²) in [4.78, 5) is 16.6. The van der Waals surface area contributed by atoms with Crippen molar-refractivity contribution in [2.45, 2.75) is 45.6 Å². The van der Waals surface area contributed by atoms with Crippen LogP contribution in [0.3, 0.4) is 0 Å². The number of carbonyl (C=O) groups is 1. The van der Waals surface area contributed by atoms with E-state index in [9.17, 15) is 4.79 Å². The van der Waals surface area contributed by atoms with Crippen LogP contribution in [0.15, 0.2) is 0 Å². The molecule has 0 atom stereocenters. The van der Waals surface area contributed by atoms with E-state index in [0.29, 0.717) is 12.0 Å². The molecule has 0 bridgehead atoms. The van der Waals surface area contributed by atoms with E-state index in [1.165, 1.54) is 25.7 Å². The zero-order valence-corrected chi connectivity index (χ0v) is 11.8. The Morgan fingerprint density at radius 3 is 2.22 bits per heavy atom. The van der Waals surface area contributed by atoms with Gasteiger partial charge in [0.15, 0.2) is 0 Å². The van der Waals surface area contributed by atoms with Crippen LogP contribution in [0.2, 0.25) is 0 Å². The molecule has 18 heavy (non-hydrogen) atoms. The second-order valence-corrected chi connectivity index (χ2v) is 5.53. The normalized spacial score (nSPS) is 20.8. The largest absolute Gasteiger partial charge is 0.325 e. The van der Waals surface area contributed by atoms with Crippen molar-refractivity contribution in [3.05, 3.63) is 0 Å². The summed E-state index contributed by atoms with van der Waals surface area (Å²) < 4.78 is 0.